The highest BCUT2D eigenvalue weighted by atomic mass is 16.5. The van der Waals surface area contributed by atoms with E-state index in [0.717, 1.165) is 17.1 Å². The Bertz CT molecular complexity index is 534. The average molecular weight is 273 g/mol. The van der Waals surface area contributed by atoms with E-state index < -0.39 is 0 Å². The second-order valence-corrected chi connectivity index (χ2v) is 4.30. The fraction of sp³-hybridized carbons (Fsp3) is 0.250. The molecule has 0 fully saturated rings. The minimum Gasteiger partial charge on any atom is -0.496 e. The number of ether oxygens (including phenoxy) is 1. The fourth-order valence-corrected chi connectivity index (χ4v) is 1.94. The number of furan rings is 1. The van der Waals surface area contributed by atoms with Gasteiger partial charge in [0.2, 0.25) is 0 Å². The molecule has 1 aromatic heterocycles. The van der Waals surface area contributed by atoms with Gasteiger partial charge in [-0.25, -0.2) is 0 Å². The first-order valence-corrected chi connectivity index (χ1v) is 6.52. The molecule has 0 radical (unpaired) electrons. The number of methoxy groups -OCH3 is 1. The summed E-state index contributed by atoms with van der Waals surface area (Å²) in [4.78, 5) is 0. The first kappa shape index (κ1) is 14.4. The second-order valence-electron chi connectivity index (χ2n) is 4.30. The predicted molar refractivity (Wildman–Crippen MR) is 78.6 cm³/mol. The van der Waals surface area contributed by atoms with E-state index in [1.165, 1.54) is 0 Å². The van der Waals surface area contributed by atoms with Crippen LogP contribution in [0.5, 0.6) is 5.75 Å². The van der Waals surface area contributed by atoms with E-state index in [1.807, 2.05) is 48.6 Å². The molecule has 0 aliphatic rings. The molecule has 2 N–H and O–H groups in total. The van der Waals surface area contributed by atoms with Gasteiger partial charge < -0.3 is 19.6 Å². The van der Waals surface area contributed by atoms with E-state index in [1.54, 1.807) is 13.4 Å². The van der Waals surface area contributed by atoms with E-state index in [4.69, 9.17) is 9.15 Å². The number of nitrogens with one attached hydrogen (secondary N) is 1. The van der Waals surface area contributed by atoms with Crippen LogP contribution in [0.4, 0.5) is 0 Å². The predicted octanol–water partition coefficient (Wildman–Crippen LogP) is 2.62. The standard InChI is InChI=1S/C16H19NO3/c1-19-15-8-3-2-6-13(15)7-4-10-17-14(12-18)16-9-5-11-20-16/h2-9,11,14,17-18H,10,12H2,1H3. The summed E-state index contributed by atoms with van der Waals surface area (Å²) in [5.41, 5.74) is 1.02. The lowest BCUT2D eigenvalue weighted by atomic mass is 10.2. The summed E-state index contributed by atoms with van der Waals surface area (Å²) in [7, 11) is 1.66. The highest BCUT2D eigenvalue weighted by molar-refractivity contribution is 5.57. The van der Waals surface area contributed by atoms with Crippen molar-refractivity contribution in [1.29, 1.82) is 0 Å². The highest BCUT2D eigenvalue weighted by Gasteiger charge is 2.10. The molecule has 1 aromatic carbocycles. The minimum absolute atomic E-state index is 0.00396. The summed E-state index contributed by atoms with van der Waals surface area (Å²) < 4.78 is 10.5. The van der Waals surface area contributed by atoms with Gasteiger partial charge in [0.1, 0.15) is 11.5 Å². The molecule has 4 nitrogen and oxygen atoms in total. The number of aliphatic hydroxyl groups is 1. The van der Waals surface area contributed by atoms with Crippen molar-refractivity contribution in [3.63, 3.8) is 0 Å². The summed E-state index contributed by atoms with van der Waals surface area (Å²) in [6.45, 7) is 0.625. The maximum absolute atomic E-state index is 9.33. The summed E-state index contributed by atoms with van der Waals surface area (Å²) >= 11 is 0. The largest absolute Gasteiger partial charge is 0.496 e. The quantitative estimate of drug-likeness (QED) is 0.814. The molecular formula is C16H19NO3. The Morgan fingerprint density at radius 3 is 2.85 bits per heavy atom. The Labute approximate surface area is 118 Å². The number of rotatable bonds is 7. The second kappa shape index (κ2) is 7.53. The van der Waals surface area contributed by atoms with E-state index >= 15 is 0 Å². The van der Waals surface area contributed by atoms with Crippen LogP contribution in [0.3, 0.4) is 0 Å². The molecule has 2 aromatic rings. The Hall–Kier alpha value is -2.04. The van der Waals surface area contributed by atoms with Crippen LogP contribution < -0.4 is 10.1 Å². The van der Waals surface area contributed by atoms with Crippen molar-refractivity contribution < 1.29 is 14.3 Å². The van der Waals surface area contributed by atoms with Crippen molar-refractivity contribution in [2.45, 2.75) is 6.04 Å². The van der Waals surface area contributed by atoms with Crippen LogP contribution in [0.1, 0.15) is 17.4 Å². The summed E-state index contributed by atoms with van der Waals surface area (Å²) in [5, 5.41) is 12.5. The van der Waals surface area contributed by atoms with Gasteiger partial charge in [0.25, 0.3) is 0 Å². The molecule has 0 spiro atoms. The van der Waals surface area contributed by atoms with Crippen molar-refractivity contribution in [3.8, 4) is 5.75 Å². The number of hydrogen-bond donors (Lipinski definition) is 2. The van der Waals surface area contributed by atoms with Crippen LogP contribution in [-0.4, -0.2) is 25.4 Å². The van der Waals surface area contributed by atoms with Crippen molar-refractivity contribution >= 4 is 6.08 Å². The van der Waals surface area contributed by atoms with Crippen LogP contribution in [0.25, 0.3) is 6.08 Å². The molecule has 20 heavy (non-hydrogen) atoms. The zero-order valence-corrected chi connectivity index (χ0v) is 11.5. The van der Waals surface area contributed by atoms with Gasteiger partial charge in [-0.1, -0.05) is 30.4 Å². The van der Waals surface area contributed by atoms with Crippen LogP contribution in [0.15, 0.2) is 53.2 Å². The monoisotopic (exact) mass is 273 g/mol. The molecule has 0 bridgehead atoms. The zero-order chi connectivity index (χ0) is 14.2. The van der Waals surface area contributed by atoms with Crippen molar-refractivity contribution in [1.82, 2.24) is 5.32 Å². The minimum atomic E-state index is -0.188. The molecule has 0 aliphatic heterocycles. The Morgan fingerprint density at radius 2 is 2.15 bits per heavy atom. The van der Waals surface area contributed by atoms with Crippen LogP contribution in [0, 0.1) is 0 Å². The Balaban J connectivity index is 1.90. The number of benzene rings is 1. The highest BCUT2D eigenvalue weighted by Crippen LogP contribution is 2.18. The molecule has 0 aliphatic carbocycles. The lowest BCUT2D eigenvalue weighted by Crippen LogP contribution is -2.23. The molecule has 1 heterocycles. The van der Waals surface area contributed by atoms with E-state index in [0.29, 0.717) is 6.54 Å². The normalized spacial score (nSPS) is 12.7. The van der Waals surface area contributed by atoms with Gasteiger partial charge >= 0.3 is 0 Å². The van der Waals surface area contributed by atoms with E-state index in [9.17, 15) is 5.11 Å². The zero-order valence-electron chi connectivity index (χ0n) is 11.5. The van der Waals surface area contributed by atoms with Gasteiger partial charge in [-0.15, -0.1) is 0 Å². The SMILES string of the molecule is COc1ccccc1C=CCNC(CO)c1ccco1. The Morgan fingerprint density at radius 1 is 1.30 bits per heavy atom. The van der Waals surface area contributed by atoms with Crippen molar-refractivity contribution in [2.24, 2.45) is 0 Å². The molecule has 2 rings (SSSR count). The maximum Gasteiger partial charge on any atom is 0.126 e. The van der Waals surface area contributed by atoms with Gasteiger partial charge in [0, 0.05) is 12.1 Å². The number of aliphatic hydroxyl groups excluding tert-OH is 1. The van der Waals surface area contributed by atoms with Gasteiger partial charge in [-0.05, 0) is 18.2 Å². The summed E-state index contributed by atoms with van der Waals surface area (Å²) in [6, 6.07) is 11.3. The molecule has 0 saturated heterocycles. The van der Waals surface area contributed by atoms with E-state index in [-0.39, 0.29) is 12.6 Å². The summed E-state index contributed by atoms with van der Waals surface area (Å²) in [5.74, 6) is 1.58. The first-order valence-electron chi connectivity index (χ1n) is 6.52. The van der Waals surface area contributed by atoms with Crippen LogP contribution >= 0.6 is 0 Å². The molecule has 4 heteroatoms. The third-order valence-corrected chi connectivity index (χ3v) is 2.99. The number of para-hydroxylation sites is 1. The topological polar surface area (TPSA) is 54.6 Å². The fourth-order valence-electron chi connectivity index (χ4n) is 1.94. The number of hydrogen-bond acceptors (Lipinski definition) is 4. The van der Waals surface area contributed by atoms with Crippen molar-refractivity contribution in [2.75, 3.05) is 20.3 Å². The lowest BCUT2D eigenvalue weighted by molar-refractivity contribution is 0.230. The molecular weight excluding hydrogens is 254 g/mol. The van der Waals surface area contributed by atoms with Crippen LogP contribution in [-0.2, 0) is 0 Å². The van der Waals surface area contributed by atoms with E-state index in [2.05, 4.69) is 5.32 Å². The average Bonchev–Trinajstić information content (AvgIpc) is 3.02. The van der Waals surface area contributed by atoms with Crippen molar-refractivity contribution in [3.05, 3.63) is 60.1 Å². The third kappa shape index (κ3) is 3.73. The lowest BCUT2D eigenvalue weighted by Gasteiger charge is -2.11. The van der Waals surface area contributed by atoms with Gasteiger partial charge in [-0.3, -0.25) is 0 Å². The maximum atomic E-state index is 9.33. The molecule has 0 saturated carbocycles. The Kier molecular flexibility index (Phi) is 5.41. The van der Waals surface area contributed by atoms with Crippen LogP contribution in [0.2, 0.25) is 0 Å². The molecule has 0 amide bonds. The molecule has 1 atom stereocenters. The van der Waals surface area contributed by atoms with Gasteiger partial charge in [-0.2, -0.15) is 0 Å². The molecule has 106 valence electrons. The third-order valence-electron chi connectivity index (χ3n) is 2.99. The van der Waals surface area contributed by atoms with Gasteiger partial charge in [0.15, 0.2) is 0 Å². The summed E-state index contributed by atoms with van der Waals surface area (Å²) in [6.07, 6.45) is 5.58. The first-order chi connectivity index (χ1) is 9.85. The molecule has 1 unspecified atom stereocenters. The van der Waals surface area contributed by atoms with Gasteiger partial charge in [0.05, 0.1) is 26.0 Å². The smallest absolute Gasteiger partial charge is 0.126 e.